The second-order valence-electron chi connectivity index (χ2n) is 3.56. The van der Waals surface area contributed by atoms with E-state index < -0.39 is 10.0 Å². The summed E-state index contributed by atoms with van der Waals surface area (Å²) in [5.41, 5.74) is 0. The topological polar surface area (TPSA) is 70.4 Å². The summed E-state index contributed by atoms with van der Waals surface area (Å²) in [7, 11) is -2.18. The van der Waals surface area contributed by atoms with Gasteiger partial charge >= 0.3 is 0 Å². The molecule has 1 rings (SSSR count). The molecule has 0 heterocycles. The first-order valence-corrected chi connectivity index (χ1v) is 7.02. The molecule has 98 valence electrons. The molecule has 0 amide bonds. The van der Waals surface area contributed by atoms with E-state index in [2.05, 4.69) is 0 Å². The summed E-state index contributed by atoms with van der Waals surface area (Å²) in [4.78, 5) is 0.132. The summed E-state index contributed by atoms with van der Waals surface area (Å²) in [5, 5.41) is 8.55. The third-order valence-electron chi connectivity index (χ3n) is 2.51. The molecular weight excluding hydrogens is 252 g/mol. The summed E-state index contributed by atoms with van der Waals surface area (Å²) in [5.74, 6) is 0.313. The molecular formula is C12H16N2O3S. The van der Waals surface area contributed by atoms with Crippen molar-refractivity contribution in [2.45, 2.75) is 18.2 Å². The molecule has 1 aromatic rings. The summed E-state index contributed by atoms with van der Waals surface area (Å²) in [6.45, 7) is 2.25. The predicted octanol–water partition coefficient (Wildman–Crippen LogP) is 1.62. The molecule has 0 radical (unpaired) electrons. The molecule has 0 aliphatic rings. The molecule has 0 aliphatic heterocycles. The standard InChI is InChI=1S/C12H16N2O3S/c1-3-14(10-6-9-13)18(15,16)12-8-5-4-7-11(12)17-2/h4-5,7-8H,3,6,10H2,1-2H3. The molecule has 0 unspecified atom stereocenters. The highest BCUT2D eigenvalue weighted by Gasteiger charge is 2.25. The van der Waals surface area contributed by atoms with Gasteiger partial charge in [-0.3, -0.25) is 0 Å². The van der Waals surface area contributed by atoms with Gasteiger partial charge in [0.25, 0.3) is 0 Å². The van der Waals surface area contributed by atoms with E-state index in [0.29, 0.717) is 12.3 Å². The van der Waals surface area contributed by atoms with Crippen molar-refractivity contribution < 1.29 is 13.2 Å². The van der Waals surface area contributed by atoms with Crippen LogP contribution in [0.25, 0.3) is 0 Å². The highest BCUT2D eigenvalue weighted by atomic mass is 32.2. The average molecular weight is 268 g/mol. The zero-order valence-electron chi connectivity index (χ0n) is 10.5. The van der Waals surface area contributed by atoms with Crippen molar-refractivity contribution in [3.05, 3.63) is 24.3 Å². The first-order valence-electron chi connectivity index (χ1n) is 5.58. The minimum Gasteiger partial charge on any atom is -0.495 e. The van der Waals surface area contributed by atoms with Crippen LogP contribution in [0, 0.1) is 11.3 Å². The van der Waals surface area contributed by atoms with Gasteiger partial charge in [0.05, 0.1) is 13.2 Å². The summed E-state index contributed by atoms with van der Waals surface area (Å²) < 4.78 is 31.1. The lowest BCUT2D eigenvalue weighted by Crippen LogP contribution is -2.32. The minimum atomic E-state index is -3.61. The fraction of sp³-hybridized carbons (Fsp3) is 0.417. The van der Waals surface area contributed by atoms with Crippen LogP contribution in [0.5, 0.6) is 5.75 Å². The lowest BCUT2D eigenvalue weighted by molar-refractivity contribution is 0.394. The lowest BCUT2D eigenvalue weighted by atomic mass is 10.3. The van der Waals surface area contributed by atoms with Crippen LogP contribution >= 0.6 is 0 Å². The summed E-state index contributed by atoms with van der Waals surface area (Å²) in [6, 6.07) is 8.41. The maximum Gasteiger partial charge on any atom is 0.246 e. The highest BCUT2D eigenvalue weighted by molar-refractivity contribution is 7.89. The summed E-state index contributed by atoms with van der Waals surface area (Å²) >= 11 is 0. The van der Waals surface area contributed by atoms with Crippen molar-refractivity contribution in [3.63, 3.8) is 0 Å². The smallest absolute Gasteiger partial charge is 0.246 e. The Morgan fingerprint density at radius 2 is 2.06 bits per heavy atom. The highest BCUT2D eigenvalue weighted by Crippen LogP contribution is 2.26. The van der Waals surface area contributed by atoms with Gasteiger partial charge in [0.2, 0.25) is 10.0 Å². The van der Waals surface area contributed by atoms with Gasteiger partial charge in [0.1, 0.15) is 10.6 Å². The molecule has 0 aliphatic carbocycles. The van der Waals surface area contributed by atoms with E-state index in [0.717, 1.165) is 0 Å². The summed E-state index contributed by atoms with van der Waals surface area (Å²) in [6.07, 6.45) is 0.169. The van der Waals surface area contributed by atoms with Gasteiger partial charge in [0.15, 0.2) is 0 Å². The first kappa shape index (κ1) is 14.5. The normalized spacial score (nSPS) is 11.2. The van der Waals surface area contributed by atoms with Crippen molar-refractivity contribution in [2.24, 2.45) is 0 Å². The molecule has 0 spiro atoms. The largest absolute Gasteiger partial charge is 0.495 e. The van der Waals surface area contributed by atoms with E-state index in [4.69, 9.17) is 10.00 Å². The van der Waals surface area contributed by atoms with Gasteiger partial charge < -0.3 is 4.74 Å². The Labute approximate surface area is 108 Å². The van der Waals surface area contributed by atoms with Crippen LogP contribution in [0.15, 0.2) is 29.2 Å². The van der Waals surface area contributed by atoms with Gasteiger partial charge in [-0.15, -0.1) is 0 Å². The first-order chi connectivity index (χ1) is 8.57. The molecule has 0 saturated carbocycles. The van der Waals surface area contributed by atoms with Gasteiger partial charge in [-0.2, -0.15) is 9.57 Å². The van der Waals surface area contributed by atoms with Crippen LogP contribution in [0.3, 0.4) is 0 Å². The maximum atomic E-state index is 12.4. The van der Waals surface area contributed by atoms with E-state index in [1.165, 1.54) is 17.5 Å². The average Bonchev–Trinajstić information content (AvgIpc) is 2.39. The second-order valence-corrected chi connectivity index (χ2v) is 5.46. The maximum absolute atomic E-state index is 12.4. The number of nitriles is 1. The number of hydrogen-bond acceptors (Lipinski definition) is 4. The molecule has 0 fully saturated rings. The Morgan fingerprint density at radius 1 is 1.39 bits per heavy atom. The third kappa shape index (κ3) is 3.00. The number of rotatable bonds is 6. The van der Waals surface area contributed by atoms with Crippen molar-refractivity contribution in [2.75, 3.05) is 20.2 Å². The van der Waals surface area contributed by atoms with E-state index >= 15 is 0 Å². The quantitative estimate of drug-likeness (QED) is 0.786. The SMILES string of the molecule is CCN(CCC#N)S(=O)(=O)c1ccccc1OC. The minimum absolute atomic E-state index is 0.132. The van der Waals surface area contributed by atoms with Crippen LogP contribution in [0.4, 0.5) is 0 Å². The number of benzene rings is 1. The Morgan fingerprint density at radius 3 is 2.61 bits per heavy atom. The monoisotopic (exact) mass is 268 g/mol. The predicted molar refractivity (Wildman–Crippen MR) is 67.7 cm³/mol. The number of ether oxygens (including phenoxy) is 1. The molecule has 0 saturated heterocycles. The number of methoxy groups -OCH3 is 1. The molecule has 18 heavy (non-hydrogen) atoms. The molecule has 0 bridgehead atoms. The van der Waals surface area contributed by atoms with Crippen molar-refractivity contribution in [1.29, 1.82) is 5.26 Å². The molecule has 6 heteroatoms. The van der Waals surface area contributed by atoms with Crippen molar-refractivity contribution in [1.82, 2.24) is 4.31 Å². The van der Waals surface area contributed by atoms with Crippen LogP contribution < -0.4 is 4.74 Å². The zero-order chi connectivity index (χ0) is 13.6. The van der Waals surface area contributed by atoms with E-state index in [-0.39, 0.29) is 17.9 Å². The Balaban J connectivity index is 3.15. The zero-order valence-corrected chi connectivity index (χ0v) is 11.3. The van der Waals surface area contributed by atoms with Gasteiger partial charge in [0, 0.05) is 19.5 Å². The molecule has 0 aromatic heterocycles. The van der Waals surface area contributed by atoms with Gasteiger partial charge in [-0.05, 0) is 12.1 Å². The molecule has 5 nitrogen and oxygen atoms in total. The molecule has 0 atom stereocenters. The van der Waals surface area contributed by atoms with Crippen LogP contribution in [0.1, 0.15) is 13.3 Å². The van der Waals surface area contributed by atoms with E-state index in [1.807, 2.05) is 6.07 Å². The Hall–Kier alpha value is -1.58. The number of nitrogens with zero attached hydrogens (tertiary/aromatic N) is 2. The van der Waals surface area contributed by atoms with Gasteiger partial charge in [-0.1, -0.05) is 19.1 Å². The van der Waals surface area contributed by atoms with Gasteiger partial charge in [-0.25, -0.2) is 8.42 Å². The molecule has 1 aromatic carbocycles. The third-order valence-corrected chi connectivity index (χ3v) is 4.53. The number of sulfonamides is 1. The number of para-hydroxylation sites is 1. The Kier molecular flexibility index (Phi) is 5.13. The molecule has 0 N–H and O–H groups in total. The lowest BCUT2D eigenvalue weighted by Gasteiger charge is -2.20. The van der Waals surface area contributed by atoms with Crippen LogP contribution in [-0.4, -0.2) is 32.9 Å². The van der Waals surface area contributed by atoms with Crippen LogP contribution in [-0.2, 0) is 10.0 Å². The van der Waals surface area contributed by atoms with Crippen molar-refractivity contribution >= 4 is 10.0 Å². The van der Waals surface area contributed by atoms with Crippen molar-refractivity contribution in [3.8, 4) is 11.8 Å². The fourth-order valence-electron chi connectivity index (χ4n) is 1.59. The number of hydrogen-bond donors (Lipinski definition) is 0. The van der Waals surface area contributed by atoms with E-state index in [9.17, 15) is 8.42 Å². The van der Waals surface area contributed by atoms with E-state index in [1.54, 1.807) is 25.1 Å². The van der Waals surface area contributed by atoms with Crippen LogP contribution in [0.2, 0.25) is 0 Å². The fourth-order valence-corrected chi connectivity index (χ4v) is 3.20. The Bertz CT molecular complexity index is 534. The second kappa shape index (κ2) is 6.38.